The van der Waals surface area contributed by atoms with Crippen LogP contribution in [0.4, 0.5) is 0 Å². The van der Waals surface area contributed by atoms with E-state index in [9.17, 15) is 18.0 Å². The molecule has 7 nitrogen and oxygen atoms in total. The van der Waals surface area contributed by atoms with Crippen molar-refractivity contribution in [3.63, 3.8) is 0 Å². The molecule has 0 fully saturated rings. The molecule has 2 aromatic carbocycles. The summed E-state index contributed by atoms with van der Waals surface area (Å²) in [6.45, 7) is 3.94. The number of hydrogen-bond donors (Lipinski definition) is 1. The van der Waals surface area contributed by atoms with Gasteiger partial charge in [0.05, 0.1) is 10.5 Å². The third-order valence-corrected chi connectivity index (χ3v) is 5.82. The van der Waals surface area contributed by atoms with E-state index in [-0.39, 0.29) is 28.8 Å². The Morgan fingerprint density at radius 2 is 1.80 bits per heavy atom. The molecule has 0 aromatic heterocycles. The van der Waals surface area contributed by atoms with E-state index in [1.165, 1.54) is 29.2 Å². The standard InChI is InChI=1S/C21H25ClN2O5S/c1-15(2)12-23-30(27,28)19-6-4-5-17(11-19)21(26)29-14-20(25)24(3)13-16-7-9-18(22)10-8-16/h4-11,15,23H,12-14H2,1-3H3. The van der Waals surface area contributed by atoms with Crippen molar-refractivity contribution in [2.24, 2.45) is 5.92 Å². The van der Waals surface area contributed by atoms with Gasteiger partial charge in [0.1, 0.15) is 0 Å². The summed E-state index contributed by atoms with van der Waals surface area (Å²) in [6, 6.07) is 12.6. The Kier molecular flexibility index (Phi) is 8.40. The summed E-state index contributed by atoms with van der Waals surface area (Å²) in [5.74, 6) is -1.02. The highest BCUT2D eigenvalue weighted by molar-refractivity contribution is 7.89. The third kappa shape index (κ3) is 7.12. The fourth-order valence-electron chi connectivity index (χ4n) is 2.42. The van der Waals surface area contributed by atoms with Gasteiger partial charge in [0.2, 0.25) is 10.0 Å². The molecule has 2 aromatic rings. The number of hydrogen-bond acceptors (Lipinski definition) is 5. The second-order valence-electron chi connectivity index (χ2n) is 7.23. The molecule has 9 heteroatoms. The smallest absolute Gasteiger partial charge is 0.338 e. The van der Waals surface area contributed by atoms with Gasteiger partial charge in [-0.05, 0) is 41.8 Å². The molecule has 30 heavy (non-hydrogen) atoms. The molecule has 2 rings (SSSR count). The number of amides is 1. The van der Waals surface area contributed by atoms with E-state index in [4.69, 9.17) is 16.3 Å². The van der Waals surface area contributed by atoms with Gasteiger partial charge in [0.25, 0.3) is 5.91 Å². The zero-order chi connectivity index (χ0) is 22.3. The number of nitrogens with one attached hydrogen (secondary N) is 1. The van der Waals surface area contributed by atoms with Crippen LogP contribution in [0, 0.1) is 5.92 Å². The van der Waals surface area contributed by atoms with Crippen molar-refractivity contribution in [1.82, 2.24) is 9.62 Å². The van der Waals surface area contributed by atoms with Crippen LogP contribution in [0.3, 0.4) is 0 Å². The third-order valence-electron chi connectivity index (χ3n) is 4.15. The number of halogens is 1. The molecular formula is C21H25ClN2O5S. The molecule has 0 saturated carbocycles. The molecule has 0 bridgehead atoms. The SMILES string of the molecule is CC(C)CNS(=O)(=O)c1cccc(C(=O)OCC(=O)N(C)Cc2ccc(Cl)cc2)c1. The van der Waals surface area contributed by atoms with Crippen molar-refractivity contribution in [3.8, 4) is 0 Å². The van der Waals surface area contributed by atoms with E-state index >= 15 is 0 Å². The number of likely N-dealkylation sites (N-methyl/N-ethyl adjacent to an activating group) is 1. The lowest BCUT2D eigenvalue weighted by Crippen LogP contribution is -2.31. The van der Waals surface area contributed by atoms with Crippen molar-refractivity contribution in [2.45, 2.75) is 25.3 Å². The minimum absolute atomic E-state index is 0.0382. The molecule has 0 atom stereocenters. The Morgan fingerprint density at radius 3 is 2.43 bits per heavy atom. The average molecular weight is 453 g/mol. The summed E-state index contributed by atoms with van der Waals surface area (Å²) in [5, 5.41) is 0.602. The Hall–Kier alpha value is -2.42. The molecular weight excluding hydrogens is 428 g/mol. The van der Waals surface area contributed by atoms with Crippen LogP contribution in [0.5, 0.6) is 0 Å². The first-order valence-corrected chi connectivity index (χ1v) is 11.2. The highest BCUT2D eigenvalue weighted by Crippen LogP contribution is 2.14. The zero-order valence-corrected chi connectivity index (χ0v) is 18.7. The van der Waals surface area contributed by atoms with Gasteiger partial charge in [0, 0.05) is 25.2 Å². The van der Waals surface area contributed by atoms with Gasteiger partial charge in [-0.3, -0.25) is 4.79 Å². The first-order chi connectivity index (χ1) is 14.1. The molecule has 162 valence electrons. The molecule has 0 aliphatic heterocycles. The number of carbonyl (C=O) groups excluding carboxylic acids is 2. The zero-order valence-electron chi connectivity index (χ0n) is 17.1. The van der Waals surface area contributed by atoms with Crippen molar-refractivity contribution < 1.29 is 22.7 Å². The first kappa shape index (κ1) is 23.9. The van der Waals surface area contributed by atoms with Crippen molar-refractivity contribution in [2.75, 3.05) is 20.2 Å². The monoisotopic (exact) mass is 452 g/mol. The molecule has 0 spiro atoms. The number of rotatable bonds is 9. The predicted octanol–water partition coefficient (Wildman–Crippen LogP) is 3.09. The van der Waals surface area contributed by atoms with Gasteiger partial charge in [-0.25, -0.2) is 17.9 Å². The minimum atomic E-state index is -3.74. The fourth-order valence-corrected chi connectivity index (χ4v) is 3.81. The normalized spacial score (nSPS) is 11.4. The van der Waals surface area contributed by atoms with Gasteiger partial charge in [-0.1, -0.05) is 43.6 Å². The lowest BCUT2D eigenvalue weighted by atomic mass is 10.2. The van der Waals surface area contributed by atoms with Gasteiger partial charge in [-0.2, -0.15) is 0 Å². The maximum absolute atomic E-state index is 12.3. The molecule has 1 amide bonds. The number of carbonyl (C=O) groups is 2. The summed E-state index contributed by atoms with van der Waals surface area (Å²) in [5.41, 5.74) is 0.934. The van der Waals surface area contributed by atoms with E-state index in [2.05, 4.69) is 4.72 Å². The second-order valence-corrected chi connectivity index (χ2v) is 9.43. The van der Waals surface area contributed by atoms with Gasteiger partial charge < -0.3 is 9.64 Å². The van der Waals surface area contributed by atoms with E-state index < -0.39 is 22.6 Å². The van der Waals surface area contributed by atoms with Crippen LogP contribution >= 0.6 is 11.6 Å². The first-order valence-electron chi connectivity index (χ1n) is 9.34. The van der Waals surface area contributed by atoms with Gasteiger partial charge in [0.15, 0.2) is 6.61 Å². The predicted molar refractivity (Wildman–Crippen MR) is 115 cm³/mol. The van der Waals surface area contributed by atoms with E-state index in [0.717, 1.165) is 5.56 Å². The highest BCUT2D eigenvalue weighted by Gasteiger charge is 2.18. The number of ether oxygens (including phenoxy) is 1. The number of sulfonamides is 1. The molecule has 0 radical (unpaired) electrons. The number of nitrogens with zero attached hydrogens (tertiary/aromatic N) is 1. The van der Waals surface area contributed by atoms with E-state index in [0.29, 0.717) is 11.6 Å². The van der Waals surface area contributed by atoms with E-state index in [1.54, 1.807) is 31.3 Å². The van der Waals surface area contributed by atoms with Crippen LogP contribution in [0.15, 0.2) is 53.4 Å². The average Bonchev–Trinajstić information content (AvgIpc) is 2.72. The Bertz CT molecular complexity index is 991. The molecule has 0 aliphatic carbocycles. The summed E-state index contributed by atoms with van der Waals surface area (Å²) in [4.78, 5) is 25.9. The lowest BCUT2D eigenvalue weighted by Gasteiger charge is -2.17. The molecule has 0 heterocycles. The van der Waals surface area contributed by atoms with Crippen molar-refractivity contribution in [1.29, 1.82) is 0 Å². The molecule has 0 saturated heterocycles. The van der Waals surface area contributed by atoms with Crippen LogP contribution in [-0.4, -0.2) is 45.4 Å². The number of benzene rings is 2. The van der Waals surface area contributed by atoms with Crippen molar-refractivity contribution >= 4 is 33.5 Å². The Morgan fingerprint density at radius 1 is 1.13 bits per heavy atom. The largest absolute Gasteiger partial charge is 0.452 e. The topological polar surface area (TPSA) is 92.8 Å². The highest BCUT2D eigenvalue weighted by atomic mass is 35.5. The maximum atomic E-state index is 12.3. The molecule has 0 unspecified atom stereocenters. The Balaban J connectivity index is 1.95. The fraction of sp³-hybridized carbons (Fsp3) is 0.333. The summed E-state index contributed by atoms with van der Waals surface area (Å²) < 4.78 is 32.2. The van der Waals surface area contributed by atoms with Gasteiger partial charge in [-0.15, -0.1) is 0 Å². The maximum Gasteiger partial charge on any atom is 0.338 e. The second kappa shape index (κ2) is 10.6. The molecule has 1 N–H and O–H groups in total. The van der Waals surface area contributed by atoms with Crippen LogP contribution < -0.4 is 4.72 Å². The summed E-state index contributed by atoms with van der Waals surface area (Å²) >= 11 is 5.84. The Labute approximate surface area is 182 Å². The number of esters is 1. The molecule has 0 aliphatic rings. The van der Waals surface area contributed by atoms with Crippen molar-refractivity contribution in [3.05, 3.63) is 64.7 Å². The van der Waals surface area contributed by atoms with Crippen LogP contribution in [0.25, 0.3) is 0 Å². The van der Waals surface area contributed by atoms with E-state index in [1.807, 2.05) is 13.8 Å². The van der Waals surface area contributed by atoms with Crippen LogP contribution in [-0.2, 0) is 26.1 Å². The summed E-state index contributed by atoms with van der Waals surface area (Å²) in [7, 11) is -2.14. The van der Waals surface area contributed by atoms with Crippen LogP contribution in [0.1, 0.15) is 29.8 Å². The quantitative estimate of drug-likeness (QED) is 0.590. The minimum Gasteiger partial charge on any atom is -0.452 e. The summed E-state index contributed by atoms with van der Waals surface area (Å²) in [6.07, 6.45) is 0. The van der Waals surface area contributed by atoms with Crippen LogP contribution in [0.2, 0.25) is 5.02 Å². The van der Waals surface area contributed by atoms with Gasteiger partial charge >= 0.3 is 5.97 Å². The lowest BCUT2D eigenvalue weighted by molar-refractivity contribution is -0.133.